The summed E-state index contributed by atoms with van der Waals surface area (Å²) in [5.74, 6) is 0. The Morgan fingerprint density at radius 3 is 1.38 bits per heavy atom. The molecule has 182 valence electrons. The number of rotatable bonds is 10. The molecule has 0 N–H and O–H groups in total. The van der Waals surface area contributed by atoms with E-state index in [9.17, 15) is 0 Å². The van der Waals surface area contributed by atoms with Crippen LogP contribution in [-0.2, 0) is 17.4 Å². The van der Waals surface area contributed by atoms with Gasteiger partial charge in [0.05, 0.1) is 0 Å². The van der Waals surface area contributed by atoms with Crippen LogP contribution in [-0.4, -0.2) is 6.88 Å². The minimum Gasteiger partial charge on any atom is -0.147 e. The molecule has 0 saturated carbocycles. The molecule has 0 bridgehead atoms. The molecular weight excluding hydrogens is 551 g/mol. The van der Waals surface area contributed by atoms with Gasteiger partial charge in [-0.3, -0.25) is 0 Å². The first-order valence-electron chi connectivity index (χ1n) is 12.6. The summed E-state index contributed by atoms with van der Waals surface area (Å²) in [6.45, 7) is 7.09. The van der Waals surface area contributed by atoms with E-state index in [-0.39, 0.29) is 24.8 Å². The second-order valence-electron chi connectivity index (χ2n) is 9.62. The van der Waals surface area contributed by atoms with Crippen molar-refractivity contribution in [3.63, 3.8) is 0 Å². The molecule has 0 atom stereocenters. The van der Waals surface area contributed by atoms with E-state index in [0.29, 0.717) is 0 Å². The molecule has 0 unspecified atom stereocenters. The fourth-order valence-electron chi connectivity index (χ4n) is 6.12. The maximum atomic E-state index is 2.48. The van der Waals surface area contributed by atoms with Crippen molar-refractivity contribution >= 4 is 38.2 Å². The molecule has 2 aromatic carbocycles. The summed E-state index contributed by atoms with van der Waals surface area (Å²) < 4.78 is 6.87. The molecule has 0 spiro atoms. The van der Waals surface area contributed by atoms with Crippen LogP contribution in [0, 0.1) is 0 Å². The van der Waals surface area contributed by atoms with E-state index < -0.39 is 17.4 Å². The first-order chi connectivity index (χ1) is 15.6. The van der Waals surface area contributed by atoms with Gasteiger partial charge in [0.2, 0.25) is 0 Å². The van der Waals surface area contributed by atoms with Crippen molar-refractivity contribution in [2.75, 3.05) is 0 Å². The van der Waals surface area contributed by atoms with Gasteiger partial charge in [-0.25, -0.2) is 0 Å². The molecule has 0 radical (unpaired) electrons. The van der Waals surface area contributed by atoms with Crippen LogP contribution in [0.5, 0.6) is 0 Å². The van der Waals surface area contributed by atoms with Crippen molar-refractivity contribution in [1.29, 1.82) is 0 Å². The number of halogens is 2. The van der Waals surface area contributed by atoms with Gasteiger partial charge < -0.3 is 0 Å². The van der Waals surface area contributed by atoms with E-state index in [1.54, 1.807) is 17.7 Å². The van der Waals surface area contributed by atoms with E-state index in [2.05, 4.69) is 106 Å². The molecule has 0 saturated heterocycles. The van der Waals surface area contributed by atoms with E-state index >= 15 is 0 Å². The predicted molar refractivity (Wildman–Crippen MR) is 156 cm³/mol. The third-order valence-electron chi connectivity index (χ3n) is 7.81. The van der Waals surface area contributed by atoms with Crippen molar-refractivity contribution in [3.8, 4) is 0 Å². The minimum absolute atomic E-state index is 0. The number of hydrogen-bond acceptors (Lipinski definition) is 0. The van der Waals surface area contributed by atoms with Crippen LogP contribution in [0.15, 0.2) is 103 Å². The summed E-state index contributed by atoms with van der Waals surface area (Å²) in [4.78, 5) is 0. The zero-order chi connectivity index (χ0) is 22.5. The van der Waals surface area contributed by atoms with Crippen molar-refractivity contribution in [2.24, 2.45) is 0 Å². The average molecular weight is 591 g/mol. The molecule has 0 aliphatic heterocycles. The zero-order valence-electron chi connectivity index (χ0n) is 20.8. The normalized spacial score (nSPS) is 15.5. The molecule has 4 rings (SSSR count). The first kappa shape index (κ1) is 29.3. The smallest absolute Gasteiger partial charge is 0.147 e. The molecule has 0 amide bonds. The first-order valence-corrected chi connectivity index (χ1v) is 23.4. The second-order valence-corrected chi connectivity index (χ2v) is 31.0. The summed E-state index contributed by atoms with van der Waals surface area (Å²) >= 11 is -4.05. The third kappa shape index (κ3) is 4.99. The third-order valence-corrected chi connectivity index (χ3v) is 34.7. The topological polar surface area (TPSA) is 0 Å². The number of allylic oxidation sites excluding steroid dienone is 8. The van der Waals surface area contributed by atoms with Gasteiger partial charge >= 0.3 is 199 Å². The van der Waals surface area contributed by atoms with E-state index in [4.69, 9.17) is 0 Å². The zero-order valence-corrected chi connectivity index (χ0v) is 26.3. The van der Waals surface area contributed by atoms with Crippen LogP contribution in [0.2, 0.25) is 0 Å². The Labute approximate surface area is 222 Å². The van der Waals surface area contributed by atoms with Gasteiger partial charge in [-0.15, -0.1) is 24.8 Å². The Morgan fingerprint density at radius 2 is 1.03 bits per heavy atom. The Hall–Kier alpha value is -0.920. The van der Waals surface area contributed by atoms with Crippen molar-refractivity contribution in [2.45, 2.75) is 65.2 Å². The van der Waals surface area contributed by atoms with Crippen molar-refractivity contribution < 1.29 is 17.4 Å². The van der Waals surface area contributed by atoms with Crippen LogP contribution >= 0.6 is 24.8 Å². The largest absolute Gasteiger partial charge is 0.147 e. The Balaban J connectivity index is 0.00000204. The molecule has 34 heavy (non-hydrogen) atoms. The fourth-order valence-corrected chi connectivity index (χ4v) is 30.3. The minimum atomic E-state index is -4.05. The summed E-state index contributed by atoms with van der Waals surface area (Å²) in [5, 5.41) is 0. The molecule has 0 aromatic heterocycles. The molecule has 4 heteroatoms. The van der Waals surface area contributed by atoms with Crippen LogP contribution in [0.25, 0.3) is 0 Å². The quantitative estimate of drug-likeness (QED) is 0.251. The van der Waals surface area contributed by atoms with Crippen LogP contribution in [0.4, 0.5) is 0 Å². The molecule has 0 fully saturated rings. The standard InChI is InChI=1S/2C9H13.2C6H5.2ClH.H2Si.Zr/c2*1-2-3-6-9-7-4-5-8-9;2*1-2-4-6-5-3-1;;;;/h2*4,7H,2-3,5-6H2,1H3;2*1-5H;2*1H;1H2;. The molecule has 0 heterocycles. The average Bonchev–Trinajstić information content (AvgIpc) is 3.53. The van der Waals surface area contributed by atoms with Crippen molar-refractivity contribution in [1.82, 2.24) is 0 Å². The van der Waals surface area contributed by atoms with Gasteiger partial charge in [0.25, 0.3) is 0 Å². The summed E-state index contributed by atoms with van der Waals surface area (Å²) in [7, 11) is 0. The Morgan fingerprint density at radius 1 is 0.647 bits per heavy atom. The molecule has 0 nitrogen and oxygen atoms in total. The number of hydrogen-bond donors (Lipinski definition) is 0. The molecule has 2 aliphatic carbocycles. The van der Waals surface area contributed by atoms with Crippen molar-refractivity contribution in [3.05, 3.63) is 103 Å². The van der Waals surface area contributed by atoms with Crippen LogP contribution in [0.3, 0.4) is 0 Å². The van der Waals surface area contributed by atoms with E-state index in [1.165, 1.54) is 38.5 Å². The van der Waals surface area contributed by atoms with Gasteiger partial charge in [0.1, 0.15) is 0 Å². The van der Waals surface area contributed by atoms with Gasteiger partial charge in [0, 0.05) is 0 Å². The second kappa shape index (κ2) is 12.9. The molecule has 2 aromatic rings. The summed E-state index contributed by atoms with van der Waals surface area (Å²) in [5.41, 5.74) is 3.30. The maximum Gasteiger partial charge on any atom is -0.147 e. The SMILES string of the molecule is CCCCC1=[C]([Zr](=[SiH2])([C]2=C(CCCC)C=CC2)([c]2ccccc2)[c]2ccccc2)CC=C1.Cl.Cl. The van der Waals surface area contributed by atoms with Crippen LogP contribution < -0.4 is 6.54 Å². The van der Waals surface area contributed by atoms with Gasteiger partial charge in [0.15, 0.2) is 0 Å². The van der Waals surface area contributed by atoms with E-state index in [1.807, 2.05) is 6.56 Å². The maximum absolute atomic E-state index is 4.05. The monoisotopic (exact) mass is 588 g/mol. The summed E-state index contributed by atoms with van der Waals surface area (Å²) in [6.07, 6.45) is 19.6. The van der Waals surface area contributed by atoms with Gasteiger partial charge in [-0.05, 0) is 0 Å². The summed E-state index contributed by atoms with van der Waals surface area (Å²) in [6, 6.07) is 23.4. The van der Waals surface area contributed by atoms with Gasteiger partial charge in [-0.1, -0.05) is 0 Å². The molecule has 2 aliphatic rings. The Bertz CT molecular complexity index is 1050. The van der Waals surface area contributed by atoms with Crippen LogP contribution in [0.1, 0.15) is 65.2 Å². The Kier molecular flexibility index (Phi) is 11.1. The fraction of sp³-hybridized carbons (Fsp3) is 0.333. The number of benzene rings is 2. The van der Waals surface area contributed by atoms with E-state index in [0.717, 1.165) is 12.8 Å². The van der Waals surface area contributed by atoms with Gasteiger partial charge in [-0.2, -0.15) is 0 Å². The molecular formula is C30H40Cl2SiZr. The predicted octanol–water partition coefficient (Wildman–Crippen LogP) is 7.53. The number of unbranched alkanes of at least 4 members (excludes halogenated alkanes) is 2.